The summed E-state index contributed by atoms with van der Waals surface area (Å²) in [6, 6.07) is 0. The number of carbonyl (C=O) groups excluding carboxylic acids is 2. The summed E-state index contributed by atoms with van der Waals surface area (Å²) in [7, 11) is -8.28. The van der Waals surface area contributed by atoms with Crippen LogP contribution >= 0.6 is 0 Å². The van der Waals surface area contributed by atoms with Crippen LogP contribution in [0.15, 0.2) is 0 Å². The molecule has 0 aliphatic heterocycles. The average Bonchev–Trinajstić information content (AvgIpc) is 2.10. The minimum absolute atomic E-state index is 0. The molecule has 0 aliphatic rings. The van der Waals surface area contributed by atoms with Crippen LogP contribution in [-0.4, -0.2) is 49.4 Å². The molecule has 0 heterocycles. The van der Waals surface area contributed by atoms with Crippen molar-refractivity contribution in [1.29, 1.82) is 0 Å². The first kappa shape index (κ1) is 28.9. The van der Waals surface area contributed by atoms with E-state index >= 15 is 0 Å². The van der Waals surface area contributed by atoms with E-state index in [1.165, 1.54) is 0 Å². The molecule has 0 radical (unpaired) electrons. The van der Waals surface area contributed by atoms with E-state index in [9.17, 15) is 36.6 Å². The Morgan fingerprint density at radius 3 is 1.00 bits per heavy atom. The molecule has 0 atom stereocenters. The second kappa shape index (κ2) is 13.4. The first-order valence-electron chi connectivity index (χ1n) is 4.13. The SMILES string of the molecule is O=C([O-])CCS(=O)(=O)O.O=C([O-])CCS(=O)(=O)O.[Na+].[Na+]. The van der Waals surface area contributed by atoms with Crippen LogP contribution < -0.4 is 69.3 Å². The normalized spacial score (nSPS) is 10.1. The molecular weight excluding hydrogens is 342 g/mol. The van der Waals surface area contributed by atoms with E-state index in [0.29, 0.717) is 0 Å². The minimum Gasteiger partial charge on any atom is -0.550 e. The van der Waals surface area contributed by atoms with Crippen LogP contribution in [0.3, 0.4) is 0 Å². The molecule has 0 fully saturated rings. The van der Waals surface area contributed by atoms with Gasteiger partial charge in [-0.3, -0.25) is 9.11 Å². The van der Waals surface area contributed by atoms with Crippen LogP contribution in [0.1, 0.15) is 12.8 Å². The fraction of sp³-hybridized carbons (Fsp3) is 0.667. The summed E-state index contributed by atoms with van der Waals surface area (Å²) in [5.41, 5.74) is 0. The quantitative estimate of drug-likeness (QED) is 0.343. The van der Waals surface area contributed by atoms with E-state index in [-0.39, 0.29) is 59.1 Å². The molecule has 0 saturated heterocycles. The third-order valence-electron chi connectivity index (χ3n) is 1.13. The van der Waals surface area contributed by atoms with E-state index < -0.39 is 56.5 Å². The third-order valence-corrected chi connectivity index (χ3v) is 2.57. The Kier molecular flexibility index (Phi) is 19.4. The average molecular weight is 352 g/mol. The van der Waals surface area contributed by atoms with Crippen LogP contribution in [0.25, 0.3) is 0 Å². The van der Waals surface area contributed by atoms with Crippen molar-refractivity contribution in [2.45, 2.75) is 12.8 Å². The number of rotatable bonds is 6. The van der Waals surface area contributed by atoms with Crippen LogP contribution in [-0.2, 0) is 29.8 Å². The van der Waals surface area contributed by atoms with Crippen LogP contribution in [0.5, 0.6) is 0 Å². The molecule has 10 nitrogen and oxygen atoms in total. The van der Waals surface area contributed by atoms with Crippen molar-refractivity contribution in [3.05, 3.63) is 0 Å². The van der Waals surface area contributed by atoms with Crippen molar-refractivity contribution >= 4 is 32.2 Å². The summed E-state index contributed by atoms with van der Waals surface area (Å²) in [6.45, 7) is 0. The van der Waals surface area contributed by atoms with Gasteiger partial charge in [0.1, 0.15) is 0 Å². The van der Waals surface area contributed by atoms with Crippen molar-refractivity contribution in [3.63, 3.8) is 0 Å². The Labute approximate surface area is 160 Å². The molecule has 108 valence electrons. The maximum atomic E-state index is 9.80. The van der Waals surface area contributed by atoms with Gasteiger partial charge < -0.3 is 19.8 Å². The fourth-order valence-electron chi connectivity index (χ4n) is 0.425. The molecule has 0 spiro atoms. The number of hydrogen-bond donors (Lipinski definition) is 2. The summed E-state index contributed by atoms with van der Waals surface area (Å²) in [5.74, 6) is -4.55. The van der Waals surface area contributed by atoms with Gasteiger partial charge in [-0.15, -0.1) is 0 Å². The zero-order chi connectivity index (χ0) is 15.0. The summed E-state index contributed by atoms with van der Waals surface area (Å²) in [6.07, 6.45) is -1.34. The van der Waals surface area contributed by atoms with Crippen molar-refractivity contribution in [3.8, 4) is 0 Å². The molecule has 0 bridgehead atoms. The van der Waals surface area contributed by atoms with Gasteiger partial charge in [0, 0.05) is 24.8 Å². The van der Waals surface area contributed by atoms with Gasteiger partial charge in [0.15, 0.2) is 0 Å². The number of hydrogen-bond acceptors (Lipinski definition) is 8. The first-order chi connectivity index (χ1) is 7.83. The smallest absolute Gasteiger partial charge is 0.550 e. The number of carbonyl (C=O) groups is 2. The van der Waals surface area contributed by atoms with Crippen LogP contribution in [0, 0.1) is 0 Å². The van der Waals surface area contributed by atoms with Crippen LogP contribution in [0.4, 0.5) is 0 Å². The summed E-state index contributed by atoms with van der Waals surface area (Å²) in [4.78, 5) is 19.1. The number of aliphatic carboxylic acids is 2. The molecule has 0 aliphatic carbocycles. The van der Waals surface area contributed by atoms with Gasteiger partial charge in [-0.1, -0.05) is 0 Å². The van der Waals surface area contributed by atoms with Gasteiger partial charge in [0.05, 0.1) is 11.5 Å². The summed E-state index contributed by atoms with van der Waals surface area (Å²) in [5, 5.41) is 19.1. The van der Waals surface area contributed by atoms with E-state index in [1.807, 2.05) is 0 Å². The van der Waals surface area contributed by atoms with Gasteiger partial charge in [-0.05, 0) is 0 Å². The third kappa shape index (κ3) is 36.3. The Bertz CT molecular complexity index is 436. The second-order valence-corrected chi connectivity index (χ2v) is 5.96. The Morgan fingerprint density at radius 1 is 0.750 bits per heavy atom. The molecule has 0 aromatic carbocycles. The van der Waals surface area contributed by atoms with Gasteiger partial charge >= 0.3 is 59.1 Å². The van der Waals surface area contributed by atoms with Crippen molar-refractivity contribution in [1.82, 2.24) is 0 Å². The first-order valence-corrected chi connectivity index (χ1v) is 7.35. The zero-order valence-electron chi connectivity index (χ0n) is 10.8. The molecular formula is C6H10Na2O10S2. The van der Waals surface area contributed by atoms with E-state index in [0.717, 1.165) is 0 Å². The molecule has 0 unspecified atom stereocenters. The second-order valence-electron chi connectivity index (χ2n) is 2.82. The van der Waals surface area contributed by atoms with Crippen molar-refractivity contribution in [2.75, 3.05) is 11.5 Å². The molecule has 20 heavy (non-hydrogen) atoms. The monoisotopic (exact) mass is 352 g/mol. The van der Waals surface area contributed by atoms with E-state index in [4.69, 9.17) is 9.11 Å². The van der Waals surface area contributed by atoms with Crippen molar-refractivity contribution in [2.24, 2.45) is 0 Å². The number of carboxylic acid groups (broad SMARTS) is 2. The van der Waals surface area contributed by atoms with Crippen LogP contribution in [0.2, 0.25) is 0 Å². The number of carboxylic acids is 2. The molecule has 0 aromatic rings. The Balaban J connectivity index is -0.000000116. The maximum absolute atomic E-state index is 9.80. The molecule has 0 rings (SSSR count). The minimum atomic E-state index is -4.14. The Hall–Kier alpha value is 0.760. The zero-order valence-corrected chi connectivity index (χ0v) is 16.4. The molecule has 2 N–H and O–H groups in total. The summed E-state index contributed by atoms with van der Waals surface area (Å²) >= 11 is 0. The van der Waals surface area contributed by atoms with E-state index in [2.05, 4.69) is 0 Å². The Morgan fingerprint density at radius 2 is 0.950 bits per heavy atom. The van der Waals surface area contributed by atoms with Gasteiger partial charge in [0.25, 0.3) is 20.2 Å². The molecule has 14 heteroatoms. The predicted molar refractivity (Wildman–Crippen MR) is 52.1 cm³/mol. The molecule has 0 saturated carbocycles. The van der Waals surface area contributed by atoms with Gasteiger partial charge in [0.2, 0.25) is 0 Å². The fourth-order valence-corrected chi connectivity index (χ4v) is 1.27. The molecule has 0 amide bonds. The molecule has 0 aromatic heterocycles. The standard InChI is InChI=1S/2C3H6O5S.2Na/c2*4-3(5)1-2-9(6,7)8;;/h2*1-2H2,(H,4,5)(H,6,7,8);;/q;;2*+1/p-2. The van der Waals surface area contributed by atoms with Gasteiger partial charge in [-0.2, -0.15) is 16.8 Å². The van der Waals surface area contributed by atoms with Crippen molar-refractivity contribution < 1.29 is 105 Å². The largest absolute Gasteiger partial charge is 1.00 e. The van der Waals surface area contributed by atoms with E-state index in [1.54, 1.807) is 0 Å². The predicted octanol–water partition coefficient (Wildman–Crippen LogP) is -9.96. The topological polar surface area (TPSA) is 189 Å². The summed E-state index contributed by atoms with van der Waals surface area (Å²) < 4.78 is 55.1. The maximum Gasteiger partial charge on any atom is 1.00 e. The van der Waals surface area contributed by atoms with Gasteiger partial charge in [-0.25, -0.2) is 0 Å².